The number of thioether (sulfide) groups is 1. The van der Waals surface area contributed by atoms with Crippen LogP contribution in [0, 0.1) is 5.82 Å². The van der Waals surface area contributed by atoms with Crippen LogP contribution in [0.15, 0.2) is 32.6 Å². The maximum absolute atomic E-state index is 14.6. The molecule has 2 N–H and O–H groups in total. The number of nitrogens with two attached hydrogens (primary N) is 1. The molecule has 0 fully saturated rings. The third-order valence-corrected chi connectivity index (χ3v) is 8.43. The molecule has 1 aliphatic rings. The van der Waals surface area contributed by atoms with Crippen LogP contribution in [0.5, 0.6) is 0 Å². The lowest BCUT2D eigenvalue weighted by Gasteiger charge is -2.17. The Balaban J connectivity index is 1.81. The lowest BCUT2D eigenvalue weighted by atomic mass is 10.1. The van der Waals surface area contributed by atoms with E-state index in [1.807, 2.05) is 0 Å². The molecule has 1 aliphatic carbocycles. The molecule has 3 aromatic rings. The highest BCUT2D eigenvalue weighted by Gasteiger charge is 2.28. The third kappa shape index (κ3) is 4.45. The fourth-order valence-corrected chi connectivity index (χ4v) is 6.69. The van der Waals surface area contributed by atoms with Gasteiger partial charge in [0.25, 0.3) is 5.56 Å². The number of unbranched alkanes of at least 4 members (excludes halogenated alkanes) is 2. The summed E-state index contributed by atoms with van der Waals surface area (Å²) in [5.41, 5.74) is 6.90. The van der Waals surface area contributed by atoms with Crippen LogP contribution < -0.4 is 11.3 Å². The van der Waals surface area contributed by atoms with Crippen LogP contribution in [0.4, 0.5) is 4.39 Å². The molecule has 31 heavy (non-hydrogen) atoms. The Morgan fingerprint density at radius 3 is 2.90 bits per heavy atom. The molecule has 2 heterocycles. The van der Waals surface area contributed by atoms with Crippen molar-refractivity contribution in [3.8, 4) is 0 Å². The third-order valence-electron chi connectivity index (χ3n) is 5.50. The van der Waals surface area contributed by atoms with Gasteiger partial charge in [0.05, 0.1) is 5.39 Å². The molecule has 1 unspecified atom stereocenters. The molecule has 0 bridgehead atoms. The number of carbonyl (C=O) groups is 1. The van der Waals surface area contributed by atoms with Crippen molar-refractivity contribution < 1.29 is 9.18 Å². The van der Waals surface area contributed by atoms with E-state index in [1.165, 1.54) is 10.9 Å². The zero-order chi connectivity index (χ0) is 22.1. The number of halogens is 2. The zero-order valence-corrected chi connectivity index (χ0v) is 20.3. The molecule has 0 saturated heterocycles. The van der Waals surface area contributed by atoms with Gasteiger partial charge in [-0.2, -0.15) is 0 Å². The quantitative estimate of drug-likeness (QED) is 0.245. The number of nitrogens with zero attached hydrogens (tertiary/aromatic N) is 2. The van der Waals surface area contributed by atoms with E-state index in [0.29, 0.717) is 26.4 Å². The molecule has 1 aromatic carbocycles. The molecule has 9 heteroatoms. The maximum atomic E-state index is 14.6. The highest BCUT2D eigenvalue weighted by Crippen LogP contribution is 2.39. The molecular formula is C22H23BrFN3O2S2. The number of benzene rings is 1. The van der Waals surface area contributed by atoms with Gasteiger partial charge in [0, 0.05) is 21.5 Å². The monoisotopic (exact) mass is 523 g/mol. The Morgan fingerprint density at radius 1 is 1.39 bits per heavy atom. The van der Waals surface area contributed by atoms with E-state index in [-0.39, 0.29) is 11.1 Å². The van der Waals surface area contributed by atoms with Gasteiger partial charge in [0.1, 0.15) is 15.9 Å². The number of aromatic nitrogens is 2. The number of aryl methyl sites for hydroxylation is 2. The molecule has 4 rings (SSSR count). The predicted molar refractivity (Wildman–Crippen MR) is 127 cm³/mol. The smallest absolute Gasteiger partial charge is 0.263 e. The van der Waals surface area contributed by atoms with Gasteiger partial charge in [0.15, 0.2) is 5.16 Å². The first-order chi connectivity index (χ1) is 14.9. The SMILES string of the molecule is CCCCCn1c(SC(C(N)=O)c2ccc(Br)cc2F)nc2sc3c(c2c1=O)CCC3. The summed E-state index contributed by atoms with van der Waals surface area (Å²) in [6.45, 7) is 2.61. The largest absolute Gasteiger partial charge is 0.368 e. The van der Waals surface area contributed by atoms with Crippen LogP contribution in [-0.2, 0) is 24.2 Å². The van der Waals surface area contributed by atoms with Gasteiger partial charge in [-0.1, -0.05) is 53.5 Å². The van der Waals surface area contributed by atoms with Crippen molar-refractivity contribution in [1.82, 2.24) is 9.55 Å². The first kappa shape index (κ1) is 22.5. The minimum Gasteiger partial charge on any atom is -0.368 e. The number of primary amides is 1. The summed E-state index contributed by atoms with van der Waals surface area (Å²) in [5, 5.41) is 0.144. The maximum Gasteiger partial charge on any atom is 0.263 e. The standard InChI is InChI=1S/C22H23BrFN3O2S2/c1-2-3-4-10-27-21(29)17-14-6-5-7-16(14)30-20(17)26-22(27)31-18(19(25)28)13-9-8-12(23)11-15(13)24/h8-9,11,18H,2-7,10H2,1H3,(H2,25,28). The van der Waals surface area contributed by atoms with Crippen LogP contribution in [-0.4, -0.2) is 15.5 Å². The lowest BCUT2D eigenvalue weighted by molar-refractivity contribution is -0.117. The Labute approximate surface area is 196 Å². The highest BCUT2D eigenvalue weighted by molar-refractivity contribution is 9.10. The van der Waals surface area contributed by atoms with Gasteiger partial charge in [-0.3, -0.25) is 14.2 Å². The predicted octanol–water partition coefficient (Wildman–Crippen LogP) is 5.36. The number of carbonyl (C=O) groups excluding carboxylic acids is 1. The molecule has 0 spiro atoms. The zero-order valence-electron chi connectivity index (χ0n) is 17.1. The molecule has 5 nitrogen and oxygen atoms in total. The van der Waals surface area contributed by atoms with Gasteiger partial charge < -0.3 is 5.73 Å². The van der Waals surface area contributed by atoms with E-state index in [2.05, 4.69) is 22.9 Å². The van der Waals surface area contributed by atoms with E-state index in [1.54, 1.807) is 28.0 Å². The highest BCUT2D eigenvalue weighted by atomic mass is 79.9. The summed E-state index contributed by atoms with van der Waals surface area (Å²) in [5.74, 6) is -1.20. The van der Waals surface area contributed by atoms with Crippen molar-refractivity contribution >= 4 is 55.2 Å². The first-order valence-electron chi connectivity index (χ1n) is 10.4. The van der Waals surface area contributed by atoms with Crippen molar-refractivity contribution in [2.24, 2.45) is 5.73 Å². The number of rotatable bonds is 8. The van der Waals surface area contributed by atoms with Crippen molar-refractivity contribution in [3.63, 3.8) is 0 Å². The molecule has 0 radical (unpaired) electrons. The Bertz CT molecular complexity index is 1210. The fraction of sp³-hybridized carbons (Fsp3) is 0.409. The average Bonchev–Trinajstić information content (AvgIpc) is 3.29. The van der Waals surface area contributed by atoms with Crippen LogP contribution in [0.3, 0.4) is 0 Å². The minimum absolute atomic E-state index is 0.0671. The van der Waals surface area contributed by atoms with Crippen molar-refractivity contribution in [2.45, 2.75) is 62.4 Å². The molecule has 2 aromatic heterocycles. The molecule has 0 aliphatic heterocycles. The summed E-state index contributed by atoms with van der Waals surface area (Å²) in [6, 6.07) is 4.52. The van der Waals surface area contributed by atoms with Crippen molar-refractivity contribution in [2.75, 3.05) is 0 Å². The molecular weight excluding hydrogens is 501 g/mol. The summed E-state index contributed by atoms with van der Waals surface area (Å²) in [6.07, 6.45) is 5.78. The van der Waals surface area contributed by atoms with Gasteiger partial charge >= 0.3 is 0 Å². The molecule has 0 saturated carbocycles. The minimum atomic E-state index is -0.985. The molecule has 164 valence electrons. The second kappa shape index (κ2) is 9.42. The van der Waals surface area contributed by atoms with E-state index in [0.717, 1.165) is 55.9 Å². The van der Waals surface area contributed by atoms with Crippen molar-refractivity contribution in [1.29, 1.82) is 0 Å². The molecule has 1 atom stereocenters. The van der Waals surface area contributed by atoms with E-state index < -0.39 is 17.0 Å². The average molecular weight is 524 g/mol. The Hall–Kier alpha value is -1.71. The van der Waals surface area contributed by atoms with Gasteiger partial charge in [-0.25, -0.2) is 9.37 Å². The Morgan fingerprint density at radius 2 is 2.19 bits per heavy atom. The summed E-state index contributed by atoms with van der Waals surface area (Å²) >= 11 is 5.84. The summed E-state index contributed by atoms with van der Waals surface area (Å²) < 4.78 is 16.8. The summed E-state index contributed by atoms with van der Waals surface area (Å²) in [4.78, 5) is 32.5. The van der Waals surface area contributed by atoms with Crippen LogP contribution in [0.25, 0.3) is 10.2 Å². The van der Waals surface area contributed by atoms with Gasteiger partial charge in [-0.05, 0) is 43.4 Å². The van der Waals surface area contributed by atoms with E-state index >= 15 is 0 Å². The van der Waals surface area contributed by atoms with Gasteiger partial charge in [-0.15, -0.1) is 11.3 Å². The molecule has 1 amide bonds. The number of hydrogen-bond acceptors (Lipinski definition) is 5. The first-order valence-corrected chi connectivity index (χ1v) is 12.9. The Kier molecular flexibility index (Phi) is 6.83. The topological polar surface area (TPSA) is 78.0 Å². The van der Waals surface area contributed by atoms with Crippen LogP contribution in [0.2, 0.25) is 0 Å². The van der Waals surface area contributed by atoms with Crippen molar-refractivity contribution in [3.05, 3.63) is 54.8 Å². The second-order valence-corrected chi connectivity index (χ2v) is 10.7. The van der Waals surface area contributed by atoms with Gasteiger partial charge in [0.2, 0.25) is 5.91 Å². The summed E-state index contributed by atoms with van der Waals surface area (Å²) in [7, 11) is 0. The number of hydrogen-bond donors (Lipinski definition) is 1. The van der Waals surface area contributed by atoms with E-state index in [9.17, 15) is 14.0 Å². The van der Waals surface area contributed by atoms with Crippen LogP contribution in [0.1, 0.15) is 53.9 Å². The van der Waals surface area contributed by atoms with E-state index in [4.69, 9.17) is 10.7 Å². The number of thiophene rings is 1. The van der Waals surface area contributed by atoms with Crippen LogP contribution >= 0.6 is 39.0 Å². The fourth-order valence-electron chi connectivity index (χ4n) is 3.96. The normalized spacial score (nSPS) is 14.2. The second-order valence-electron chi connectivity index (χ2n) is 7.66. The number of amides is 1. The lowest BCUT2D eigenvalue weighted by Crippen LogP contribution is -2.26. The number of fused-ring (bicyclic) bond motifs is 3.